The van der Waals surface area contributed by atoms with Gasteiger partial charge in [0.2, 0.25) is 0 Å². The molecule has 0 radical (unpaired) electrons. The lowest BCUT2D eigenvalue weighted by atomic mass is 9.82. The van der Waals surface area contributed by atoms with Crippen molar-refractivity contribution < 1.29 is 14.9 Å². The highest BCUT2D eigenvalue weighted by atomic mass is 16.6. The first-order valence-corrected chi connectivity index (χ1v) is 4.16. The Hall–Kier alpha value is -0.600. The molecule has 0 aromatic rings. The molecule has 4 nitrogen and oxygen atoms in total. The van der Waals surface area contributed by atoms with Crippen LogP contribution in [0.4, 0.5) is 0 Å². The Morgan fingerprint density at radius 3 is 2.69 bits per heavy atom. The van der Waals surface area contributed by atoms with Gasteiger partial charge in [-0.2, -0.15) is 0 Å². The van der Waals surface area contributed by atoms with Crippen LogP contribution in [0.1, 0.15) is 20.3 Å². The molecule has 0 amide bonds. The van der Waals surface area contributed by atoms with Gasteiger partial charge in [-0.25, -0.2) is 0 Å². The van der Waals surface area contributed by atoms with E-state index >= 15 is 0 Å². The highest BCUT2D eigenvalue weighted by Gasteiger charge is 2.48. The topological polar surface area (TPSA) is 75.7 Å². The third-order valence-electron chi connectivity index (χ3n) is 2.30. The second-order valence-electron chi connectivity index (χ2n) is 3.80. The van der Waals surface area contributed by atoms with Crippen LogP contribution in [0, 0.1) is 12.3 Å². The number of terminal acetylenes is 1. The molecule has 4 atom stereocenters. The molecule has 1 aliphatic rings. The van der Waals surface area contributed by atoms with Gasteiger partial charge in [-0.1, -0.05) is 5.92 Å². The molecule has 1 aliphatic heterocycles. The van der Waals surface area contributed by atoms with Gasteiger partial charge in [0.1, 0.15) is 11.6 Å². The van der Waals surface area contributed by atoms with Crippen LogP contribution in [-0.4, -0.2) is 33.7 Å². The maximum absolute atomic E-state index is 9.63. The standard InChI is InChI=1S/C9H15NO3/c1-4-9(10)5-8(3,12)13-6(2)7(9)11/h1,6-7,11-12H,5,10H2,2-3H3. The van der Waals surface area contributed by atoms with Crippen LogP contribution in [-0.2, 0) is 4.74 Å². The van der Waals surface area contributed by atoms with Crippen LogP contribution in [0.2, 0.25) is 0 Å². The van der Waals surface area contributed by atoms with Crippen molar-refractivity contribution >= 4 is 0 Å². The summed E-state index contributed by atoms with van der Waals surface area (Å²) >= 11 is 0. The maximum atomic E-state index is 9.63. The highest BCUT2D eigenvalue weighted by Crippen LogP contribution is 2.32. The number of hydrogen-bond donors (Lipinski definition) is 3. The van der Waals surface area contributed by atoms with Gasteiger partial charge in [-0.15, -0.1) is 6.42 Å². The number of aliphatic hydroxyl groups is 2. The molecule has 1 heterocycles. The van der Waals surface area contributed by atoms with Crippen LogP contribution in [0.15, 0.2) is 0 Å². The molecular weight excluding hydrogens is 170 g/mol. The smallest absolute Gasteiger partial charge is 0.165 e. The normalized spacial score (nSPS) is 51.4. The summed E-state index contributed by atoms with van der Waals surface area (Å²) in [6.45, 7) is 3.10. The van der Waals surface area contributed by atoms with E-state index in [4.69, 9.17) is 16.9 Å². The molecule has 4 unspecified atom stereocenters. The first-order chi connectivity index (χ1) is 5.81. The van der Waals surface area contributed by atoms with Gasteiger partial charge in [0, 0.05) is 6.42 Å². The zero-order valence-corrected chi connectivity index (χ0v) is 7.82. The number of aliphatic hydroxyl groups excluding tert-OH is 1. The lowest BCUT2D eigenvalue weighted by Gasteiger charge is -2.45. The molecule has 1 rings (SSSR count). The Morgan fingerprint density at radius 1 is 1.69 bits per heavy atom. The number of ether oxygens (including phenoxy) is 1. The van der Waals surface area contributed by atoms with Gasteiger partial charge in [0.15, 0.2) is 5.79 Å². The Bertz CT molecular complexity index is 246. The molecule has 0 saturated carbocycles. The predicted octanol–water partition coefficient (Wildman–Crippen LogP) is -0.805. The molecule has 74 valence electrons. The zero-order chi connectivity index (χ0) is 10.3. The maximum Gasteiger partial charge on any atom is 0.165 e. The van der Waals surface area contributed by atoms with Gasteiger partial charge in [-0.3, -0.25) is 0 Å². The first kappa shape index (κ1) is 10.5. The second kappa shape index (κ2) is 2.96. The minimum Gasteiger partial charge on any atom is -0.387 e. The van der Waals surface area contributed by atoms with E-state index in [0.717, 1.165) is 0 Å². The van der Waals surface area contributed by atoms with E-state index in [9.17, 15) is 10.2 Å². The van der Waals surface area contributed by atoms with Gasteiger partial charge >= 0.3 is 0 Å². The van der Waals surface area contributed by atoms with Crippen molar-refractivity contribution in [2.75, 3.05) is 0 Å². The minimum atomic E-state index is -1.36. The molecule has 0 bridgehead atoms. The van der Waals surface area contributed by atoms with Gasteiger partial charge in [0.25, 0.3) is 0 Å². The van der Waals surface area contributed by atoms with Crippen molar-refractivity contribution in [3.8, 4) is 12.3 Å². The average molecular weight is 185 g/mol. The van der Waals surface area contributed by atoms with Crippen LogP contribution < -0.4 is 5.73 Å². The molecule has 4 N–H and O–H groups in total. The Kier molecular flexibility index (Phi) is 2.39. The number of nitrogens with two attached hydrogens (primary N) is 1. The summed E-state index contributed by atoms with van der Waals surface area (Å²) in [5.41, 5.74) is 4.53. The molecule has 1 saturated heterocycles. The summed E-state index contributed by atoms with van der Waals surface area (Å²) < 4.78 is 5.11. The SMILES string of the molecule is C#CC1(N)CC(C)(O)OC(C)C1O. The van der Waals surface area contributed by atoms with E-state index < -0.39 is 23.5 Å². The average Bonchev–Trinajstić information content (AvgIpc) is 1.99. The number of rotatable bonds is 0. The lowest BCUT2D eigenvalue weighted by Crippen LogP contribution is -2.64. The highest BCUT2D eigenvalue weighted by molar-refractivity contribution is 5.19. The van der Waals surface area contributed by atoms with E-state index in [1.54, 1.807) is 6.92 Å². The second-order valence-corrected chi connectivity index (χ2v) is 3.80. The fourth-order valence-corrected chi connectivity index (χ4v) is 1.71. The quantitative estimate of drug-likeness (QED) is 0.432. The summed E-state index contributed by atoms with van der Waals surface area (Å²) in [7, 11) is 0. The first-order valence-electron chi connectivity index (χ1n) is 4.16. The largest absolute Gasteiger partial charge is 0.387 e. The zero-order valence-electron chi connectivity index (χ0n) is 7.82. The van der Waals surface area contributed by atoms with Crippen molar-refractivity contribution in [1.29, 1.82) is 0 Å². The monoisotopic (exact) mass is 185 g/mol. The van der Waals surface area contributed by atoms with Gasteiger partial charge in [-0.05, 0) is 13.8 Å². The van der Waals surface area contributed by atoms with E-state index in [2.05, 4.69) is 5.92 Å². The van der Waals surface area contributed by atoms with E-state index in [1.807, 2.05) is 0 Å². The molecule has 0 aromatic heterocycles. The fourth-order valence-electron chi connectivity index (χ4n) is 1.71. The van der Waals surface area contributed by atoms with Crippen LogP contribution >= 0.6 is 0 Å². The lowest BCUT2D eigenvalue weighted by molar-refractivity contribution is -0.274. The van der Waals surface area contributed by atoms with E-state index in [-0.39, 0.29) is 6.42 Å². The van der Waals surface area contributed by atoms with E-state index in [0.29, 0.717) is 0 Å². The summed E-state index contributed by atoms with van der Waals surface area (Å²) in [5.74, 6) is 0.943. The van der Waals surface area contributed by atoms with Crippen molar-refractivity contribution in [2.24, 2.45) is 5.73 Å². The molecule has 1 fully saturated rings. The summed E-state index contributed by atoms with van der Waals surface area (Å²) in [6, 6.07) is 0. The van der Waals surface area contributed by atoms with Crippen molar-refractivity contribution in [1.82, 2.24) is 0 Å². The Labute approximate surface area is 77.7 Å². The summed E-state index contributed by atoms with van der Waals surface area (Å²) in [6.07, 6.45) is 3.73. The summed E-state index contributed by atoms with van der Waals surface area (Å²) in [4.78, 5) is 0. The fraction of sp³-hybridized carbons (Fsp3) is 0.778. The molecule has 4 heteroatoms. The number of hydrogen-bond acceptors (Lipinski definition) is 4. The van der Waals surface area contributed by atoms with Crippen molar-refractivity contribution in [2.45, 2.75) is 43.8 Å². The predicted molar refractivity (Wildman–Crippen MR) is 47.5 cm³/mol. The molecule has 0 spiro atoms. The van der Waals surface area contributed by atoms with Gasteiger partial charge < -0.3 is 20.7 Å². The third-order valence-corrected chi connectivity index (χ3v) is 2.30. The van der Waals surface area contributed by atoms with Gasteiger partial charge in [0.05, 0.1) is 6.10 Å². The molecule has 13 heavy (non-hydrogen) atoms. The van der Waals surface area contributed by atoms with Crippen LogP contribution in [0.25, 0.3) is 0 Å². The molecule has 0 aromatic carbocycles. The van der Waals surface area contributed by atoms with Crippen molar-refractivity contribution in [3.63, 3.8) is 0 Å². The Morgan fingerprint density at radius 2 is 2.23 bits per heavy atom. The summed E-state index contributed by atoms with van der Waals surface area (Å²) in [5, 5.41) is 19.2. The minimum absolute atomic E-state index is 0.0298. The molecule has 0 aliphatic carbocycles. The van der Waals surface area contributed by atoms with Crippen molar-refractivity contribution in [3.05, 3.63) is 0 Å². The van der Waals surface area contributed by atoms with Crippen LogP contribution in [0.3, 0.4) is 0 Å². The Balaban J connectivity index is 2.93. The van der Waals surface area contributed by atoms with Crippen LogP contribution in [0.5, 0.6) is 0 Å². The molecular formula is C9H15NO3. The van der Waals surface area contributed by atoms with E-state index in [1.165, 1.54) is 6.92 Å². The third kappa shape index (κ3) is 1.84.